The molecule has 1 aromatic carbocycles. The summed E-state index contributed by atoms with van der Waals surface area (Å²) in [6.45, 7) is 7.00. The maximum atomic E-state index is 12.8. The first-order chi connectivity index (χ1) is 13.0. The molecular formula is C21H28N4O2. The molecule has 0 spiro atoms. The Balaban J connectivity index is 1.70. The average Bonchev–Trinajstić information content (AvgIpc) is 2.64. The maximum absolute atomic E-state index is 12.8. The van der Waals surface area contributed by atoms with E-state index < -0.39 is 0 Å². The van der Waals surface area contributed by atoms with Gasteiger partial charge in [0.15, 0.2) is 0 Å². The summed E-state index contributed by atoms with van der Waals surface area (Å²) in [5.74, 6) is 0.377. The zero-order valence-corrected chi connectivity index (χ0v) is 16.3. The Hall–Kier alpha value is -2.47. The molecule has 6 heteroatoms. The molecule has 3 rings (SSSR count). The molecule has 1 unspecified atom stereocenters. The van der Waals surface area contributed by atoms with Gasteiger partial charge in [0.25, 0.3) is 0 Å². The van der Waals surface area contributed by atoms with E-state index in [0.717, 1.165) is 29.6 Å². The minimum Gasteiger partial charge on any atom is -0.353 e. The molecule has 2 heterocycles. The van der Waals surface area contributed by atoms with Crippen molar-refractivity contribution in [2.45, 2.75) is 32.9 Å². The highest BCUT2D eigenvalue weighted by Crippen LogP contribution is 2.18. The molecule has 27 heavy (non-hydrogen) atoms. The second-order valence-corrected chi connectivity index (χ2v) is 7.64. The van der Waals surface area contributed by atoms with Crippen molar-refractivity contribution >= 4 is 22.7 Å². The number of rotatable bonds is 6. The van der Waals surface area contributed by atoms with E-state index >= 15 is 0 Å². The molecule has 1 aromatic heterocycles. The minimum atomic E-state index is -0.387. The van der Waals surface area contributed by atoms with E-state index in [-0.39, 0.29) is 24.3 Å². The fraction of sp³-hybridized carbons (Fsp3) is 0.476. The third kappa shape index (κ3) is 4.63. The third-order valence-electron chi connectivity index (χ3n) is 4.96. The van der Waals surface area contributed by atoms with Crippen LogP contribution in [0.1, 0.15) is 25.8 Å². The Morgan fingerprint density at radius 1 is 1.33 bits per heavy atom. The largest absolute Gasteiger partial charge is 0.353 e. The lowest BCUT2D eigenvalue weighted by atomic mass is 10.0. The summed E-state index contributed by atoms with van der Waals surface area (Å²) >= 11 is 0. The Morgan fingerprint density at radius 2 is 2.11 bits per heavy atom. The molecule has 0 aliphatic carbocycles. The fourth-order valence-electron chi connectivity index (χ4n) is 3.63. The summed E-state index contributed by atoms with van der Waals surface area (Å²) in [5, 5.41) is 3.95. The second kappa shape index (κ2) is 8.48. The van der Waals surface area contributed by atoms with Crippen molar-refractivity contribution in [1.82, 2.24) is 20.1 Å². The molecule has 1 saturated heterocycles. The molecule has 1 N–H and O–H groups in total. The molecular weight excluding hydrogens is 340 g/mol. The summed E-state index contributed by atoms with van der Waals surface area (Å²) in [5.41, 5.74) is 1.92. The monoisotopic (exact) mass is 368 g/mol. The van der Waals surface area contributed by atoms with Gasteiger partial charge in [-0.1, -0.05) is 38.1 Å². The zero-order valence-electron chi connectivity index (χ0n) is 16.3. The molecule has 0 radical (unpaired) electrons. The van der Waals surface area contributed by atoms with Gasteiger partial charge in [-0.05, 0) is 17.5 Å². The number of amides is 2. The van der Waals surface area contributed by atoms with E-state index in [4.69, 9.17) is 0 Å². The van der Waals surface area contributed by atoms with E-state index in [1.165, 1.54) is 0 Å². The number of aromatic nitrogens is 1. The lowest BCUT2D eigenvalue weighted by Gasteiger charge is -2.36. The Bertz CT molecular complexity index is 815. The van der Waals surface area contributed by atoms with E-state index in [1.54, 1.807) is 18.1 Å². The first kappa shape index (κ1) is 19.3. The van der Waals surface area contributed by atoms with Gasteiger partial charge in [-0.25, -0.2) is 0 Å². The van der Waals surface area contributed by atoms with Crippen molar-refractivity contribution in [3.63, 3.8) is 0 Å². The van der Waals surface area contributed by atoms with Gasteiger partial charge in [0.2, 0.25) is 11.8 Å². The molecule has 2 amide bonds. The summed E-state index contributed by atoms with van der Waals surface area (Å²) in [6.07, 6.45) is 1.97. The van der Waals surface area contributed by atoms with Crippen LogP contribution in [0.15, 0.2) is 36.5 Å². The molecule has 144 valence electrons. The summed E-state index contributed by atoms with van der Waals surface area (Å²) in [7, 11) is 1.79. The normalized spacial score (nSPS) is 17.9. The van der Waals surface area contributed by atoms with Crippen molar-refractivity contribution in [3.05, 3.63) is 42.1 Å². The Labute approximate surface area is 160 Å². The van der Waals surface area contributed by atoms with Crippen molar-refractivity contribution in [3.8, 4) is 0 Å². The summed E-state index contributed by atoms with van der Waals surface area (Å²) < 4.78 is 0. The summed E-state index contributed by atoms with van der Waals surface area (Å²) in [6, 6.07) is 9.54. The number of pyridine rings is 1. The lowest BCUT2D eigenvalue weighted by Crippen LogP contribution is -2.57. The number of hydrogen-bond donors (Lipinski definition) is 1. The Morgan fingerprint density at radius 3 is 2.89 bits per heavy atom. The van der Waals surface area contributed by atoms with Gasteiger partial charge < -0.3 is 10.2 Å². The molecule has 1 aliphatic heterocycles. The number of carbonyl (C=O) groups is 2. The van der Waals surface area contributed by atoms with Gasteiger partial charge in [0.1, 0.15) is 0 Å². The number of carbonyl (C=O) groups excluding carboxylic acids is 2. The molecule has 2 aromatic rings. The highest BCUT2D eigenvalue weighted by atomic mass is 16.2. The third-order valence-corrected chi connectivity index (χ3v) is 4.96. The number of piperazine rings is 1. The first-order valence-corrected chi connectivity index (χ1v) is 9.54. The number of nitrogens with zero attached hydrogens (tertiary/aromatic N) is 3. The maximum Gasteiger partial charge on any atom is 0.237 e. The van der Waals surface area contributed by atoms with Crippen LogP contribution < -0.4 is 5.32 Å². The molecule has 0 bridgehead atoms. The average molecular weight is 368 g/mol. The van der Waals surface area contributed by atoms with Crippen LogP contribution in [0.4, 0.5) is 0 Å². The van der Waals surface area contributed by atoms with Crippen LogP contribution >= 0.6 is 0 Å². The predicted molar refractivity (Wildman–Crippen MR) is 106 cm³/mol. The van der Waals surface area contributed by atoms with Crippen LogP contribution in [-0.2, 0) is 16.1 Å². The smallest absolute Gasteiger partial charge is 0.237 e. The molecule has 1 aliphatic rings. The van der Waals surface area contributed by atoms with Crippen LogP contribution in [0, 0.1) is 5.92 Å². The number of para-hydroxylation sites is 1. The van der Waals surface area contributed by atoms with Crippen LogP contribution in [0.25, 0.3) is 10.9 Å². The second-order valence-electron chi connectivity index (χ2n) is 7.64. The predicted octanol–water partition coefficient (Wildman–Crippen LogP) is 2.04. The number of hydrogen-bond acceptors (Lipinski definition) is 4. The van der Waals surface area contributed by atoms with E-state index in [9.17, 15) is 9.59 Å². The highest BCUT2D eigenvalue weighted by Gasteiger charge is 2.32. The van der Waals surface area contributed by atoms with Gasteiger partial charge in [0.05, 0.1) is 18.0 Å². The molecule has 1 atom stereocenters. The van der Waals surface area contributed by atoms with Gasteiger partial charge in [0, 0.05) is 44.8 Å². The quantitative estimate of drug-likeness (QED) is 0.847. The van der Waals surface area contributed by atoms with E-state index in [1.807, 2.05) is 30.3 Å². The van der Waals surface area contributed by atoms with Crippen LogP contribution in [-0.4, -0.2) is 59.3 Å². The van der Waals surface area contributed by atoms with E-state index in [2.05, 4.69) is 29.0 Å². The number of benzene rings is 1. The standard InChI is InChI=1S/C21H28N4O2/c1-15(2)13-25-11-10-23-21(27)18(25)12-19(26)24(3)14-17-7-4-6-16-8-5-9-22-20(16)17/h4-9,15,18H,10-14H2,1-3H3,(H,23,27). The molecule has 0 saturated carbocycles. The lowest BCUT2D eigenvalue weighted by molar-refractivity contribution is -0.138. The van der Waals surface area contributed by atoms with Crippen LogP contribution in [0.3, 0.4) is 0 Å². The SMILES string of the molecule is CC(C)CN1CCNC(=O)C1CC(=O)N(C)Cc1cccc2cccnc12. The van der Waals surface area contributed by atoms with Crippen molar-refractivity contribution in [1.29, 1.82) is 0 Å². The fourth-order valence-corrected chi connectivity index (χ4v) is 3.63. The first-order valence-electron chi connectivity index (χ1n) is 9.54. The van der Waals surface area contributed by atoms with Crippen molar-refractivity contribution in [2.24, 2.45) is 5.92 Å². The minimum absolute atomic E-state index is 0.0289. The van der Waals surface area contributed by atoms with Gasteiger partial charge >= 0.3 is 0 Å². The van der Waals surface area contributed by atoms with Crippen molar-refractivity contribution < 1.29 is 9.59 Å². The summed E-state index contributed by atoms with van der Waals surface area (Å²) in [4.78, 5) is 33.5. The Kier molecular flexibility index (Phi) is 6.06. The van der Waals surface area contributed by atoms with Crippen molar-refractivity contribution in [2.75, 3.05) is 26.7 Å². The van der Waals surface area contributed by atoms with E-state index in [0.29, 0.717) is 19.0 Å². The number of fused-ring (bicyclic) bond motifs is 1. The topological polar surface area (TPSA) is 65.5 Å². The number of nitrogens with one attached hydrogen (secondary N) is 1. The molecule has 1 fully saturated rings. The highest BCUT2D eigenvalue weighted by molar-refractivity contribution is 5.89. The van der Waals surface area contributed by atoms with Gasteiger partial charge in [-0.3, -0.25) is 19.5 Å². The van der Waals surface area contributed by atoms with Gasteiger partial charge in [-0.15, -0.1) is 0 Å². The van der Waals surface area contributed by atoms with Gasteiger partial charge in [-0.2, -0.15) is 0 Å². The van der Waals surface area contributed by atoms with Crippen LogP contribution in [0.5, 0.6) is 0 Å². The zero-order chi connectivity index (χ0) is 19.4. The molecule has 6 nitrogen and oxygen atoms in total. The van der Waals surface area contributed by atoms with Crippen LogP contribution in [0.2, 0.25) is 0 Å².